The van der Waals surface area contributed by atoms with E-state index < -0.39 is 0 Å². The molecule has 140 valence electrons. The number of aromatic nitrogens is 3. The highest BCUT2D eigenvalue weighted by atomic mass is 16.2. The van der Waals surface area contributed by atoms with Gasteiger partial charge in [-0.2, -0.15) is 0 Å². The molecule has 2 aliphatic heterocycles. The lowest BCUT2D eigenvalue weighted by Gasteiger charge is -2.35. The van der Waals surface area contributed by atoms with Gasteiger partial charge in [-0.1, -0.05) is 27.2 Å². The Morgan fingerprint density at radius 3 is 2.28 bits per heavy atom. The molecule has 2 fully saturated rings. The average Bonchev–Trinajstić information content (AvgIpc) is 2.95. The molecule has 1 aromatic heterocycles. The maximum absolute atomic E-state index is 12.4. The summed E-state index contributed by atoms with van der Waals surface area (Å²) in [6.07, 6.45) is 5.91. The first-order valence-electron chi connectivity index (χ1n) is 9.76. The first-order valence-corrected chi connectivity index (χ1v) is 9.76. The molecule has 0 N–H and O–H groups in total. The molecule has 25 heavy (non-hydrogen) atoms. The van der Waals surface area contributed by atoms with E-state index in [1.54, 1.807) is 0 Å². The number of amides is 1. The zero-order valence-corrected chi connectivity index (χ0v) is 16.3. The highest BCUT2D eigenvalue weighted by molar-refractivity contribution is 5.81. The number of carbonyl (C=O) groups excluding carboxylic acids is 1. The molecule has 0 saturated carbocycles. The zero-order valence-electron chi connectivity index (χ0n) is 16.3. The summed E-state index contributed by atoms with van der Waals surface area (Å²) in [4.78, 5) is 16.9. The molecule has 0 unspecified atom stereocenters. The molecule has 0 atom stereocenters. The monoisotopic (exact) mass is 347 g/mol. The van der Waals surface area contributed by atoms with Crippen LogP contribution in [0, 0.1) is 5.41 Å². The third-order valence-corrected chi connectivity index (χ3v) is 5.60. The van der Waals surface area contributed by atoms with Crippen LogP contribution in [-0.2, 0) is 18.4 Å². The fourth-order valence-corrected chi connectivity index (χ4v) is 4.00. The molecule has 0 aromatic carbocycles. The molecular weight excluding hydrogens is 314 g/mol. The first kappa shape index (κ1) is 18.4. The van der Waals surface area contributed by atoms with Gasteiger partial charge in [-0.05, 0) is 38.8 Å². The number of likely N-dealkylation sites (tertiary alicyclic amines) is 2. The van der Waals surface area contributed by atoms with E-state index in [-0.39, 0.29) is 11.3 Å². The van der Waals surface area contributed by atoms with Crippen molar-refractivity contribution in [2.45, 2.75) is 65.3 Å². The van der Waals surface area contributed by atoms with Gasteiger partial charge < -0.3 is 9.47 Å². The van der Waals surface area contributed by atoms with E-state index >= 15 is 0 Å². The van der Waals surface area contributed by atoms with Gasteiger partial charge in [-0.3, -0.25) is 9.69 Å². The van der Waals surface area contributed by atoms with Gasteiger partial charge >= 0.3 is 0 Å². The summed E-state index contributed by atoms with van der Waals surface area (Å²) in [6, 6.07) is 0. The molecule has 0 radical (unpaired) electrons. The SMILES string of the molecule is Cn1c(CN2CCCCC2)nnc1C1CCN(C(=O)C(C)(C)C)CC1. The Hall–Kier alpha value is -1.43. The third kappa shape index (κ3) is 4.22. The van der Waals surface area contributed by atoms with Crippen LogP contribution in [0.3, 0.4) is 0 Å². The molecule has 3 rings (SSSR count). The summed E-state index contributed by atoms with van der Waals surface area (Å²) >= 11 is 0. The minimum absolute atomic E-state index is 0.259. The van der Waals surface area contributed by atoms with Gasteiger partial charge in [0.15, 0.2) is 0 Å². The second kappa shape index (κ2) is 7.44. The minimum atomic E-state index is -0.292. The molecular formula is C19H33N5O. The van der Waals surface area contributed by atoms with Crippen molar-refractivity contribution >= 4 is 5.91 Å². The van der Waals surface area contributed by atoms with Crippen LogP contribution in [0.25, 0.3) is 0 Å². The third-order valence-electron chi connectivity index (χ3n) is 5.60. The van der Waals surface area contributed by atoms with Crippen molar-refractivity contribution in [2.24, 2.45) is 12.5 Å². The Morgan fingerprint density at radius 1 is 1.04 bits per heavy atom. The van der Waals surface area contributed by atoms with E-state index in [2.05, 4.69) is 26.7 Å². The highest BCUT2D eigenvalue weighted by Gasteiger charge is 2.32. The van der Waals surface area contributed by atoms with Gasteiger partial charge in [0.1, 0.15) is 11.6 Å². The lowest BCUT2D eigenvalue weighted by atomic mass is 9.90. The van der Waals surface area contributed by atoms with E-state index in [1.807, 2.05) is 25.7 Å². The molecule has 1 amide bonds. The standard InChI is InChI=1S/C19H33N5O/c1-19(2,3)18(25)24-12-8-15(9-13-24)17-21-20-16(22(17)4)14-23-10-6-5-7-11-23/h15H,5-14H2,1-4H3. The molecule has 0 spiro atoms. The van der Waals surface area contributed by atoms with Crippen molar-refractivity contribution < 1.29 is 4.79 Å². The Balaban J connectivity index is 1.59. The molecule has 0 bridgehead atoms. The van der Waals surface area contributed by atoms with Crippen LogP contribution in [0.4, 0.5) is 0 Å². The predicted molar refractivity (Wildman–Crippen MR) is 98.1 cm³/mol. The molecule has 0 aliphatic carbocycles. The Kier molecular flexibility index (Phi) is 5.46. The van der Waals surface area contributed by atoms with Gasteiger partial charge in [0.25, 0.3) is 0 Å². The Morgan fingerprint density at radius 2 is 1.68 bits per heavy atom. The molecule has 6 nitrogen and oxygen atoms in total. The van der Waals surface area contributed by atoms with Gasteiger partial charge in [0.05, 0.1) is 6.54 Å². The summed E-state index contributed by atoms with van der Waals surface area (Å²) in [6.45, 7) is 10.9. The van der Waals surface area contributed by atoms with Crippen LogP contribution in [0.5, 0.6) is 0 Å². The summed E-state index contributed by atoms with van der Waals surface area (Å²) in [7, 11) is 2.10. The summed E-state index contributed by atoms with van der Waals surface area (Å²) in [5, 5.41) is 8.98. The smallest absolute Gasteiger partial charge is 0.227 e. The number of nitrogens with zero attached hydrogens (tertiary/aromatic N) is 5. The molecule has 6 heteroatoms. The van der Waals surface area contributed by atoms with Crippen LogP contribution in [0.2, 0.25) is 0 Å². The van der Waals surface area contributed by atoms with Gasteiger partial charge in [0, 0.05) is 31.5 Å². The van der Waals surface area contributed by atoms with E-state index in [4.69, 9.17) is 0 Å². The average molecular weight is 348 g/mol. The van der Waals surface area contributed by atoms with Crippen LogP contribution in [0.1, 0.15) is 70.4 Å². The maximum Gasteiger partial charge on any atom is 0.227 e. The fraction of sp³-hybridized carbons (Fsp3) is 0.842. The van der Waals surface area contributed by atoms with Crippen LogP contribution in [0.15, 0.2) is 0 Å². The van der Waals surface area contributed by atoms with Crippen LogP contribution in [-0.4, -0.2) is 56.7 Å². The first-order chi connectivity index (χ1) is 11.9. The van der Waals surface area contributed by atoms with Crippen molar-refractivity contribution in [1.82, 2.24) is 24.6 Å². The fourth-order valence-electron chi connectivity index (χ4n) is 4.00. The number of carbonyl (C=O) groups is 1. The van der Waals surface area contributed by atoms with Gasteiger partial charge in [0.2, 0.25) is 5.91 Å². The molecule has 3 heterocycles. The summed E-state index contributed by atoms with van der Waals surface area (Å²) in [5.74, 6) is 2.84. The van der Waals surface area contributed by atoms with E-state index in [1.165, 1.54) is 32.4 Å². The summed E-state index contributed by atoms with van der Waals surface area (Å²) < 4.78 is 2.19. The normalized spacial score (nSPS) is 20.9. The topological polar surface area (TPSA) is 54.3 Å². The Bertz CT molecular complexity index is 589. The molecule has 2 aliphatic rings. The second-order valence-electron chi connectivity index (χ2n) is 8.69. The Labute approximate surface area is 151 Å². The zero-order chi connectivity index (χ0) is 18.0. The van der Waals surface area contributed by atoms with Crippen LogP contribution >= 0.6 is 0 Å². The minimum Gasteiger partial charge on any atom is -0.342 e. The highest BCUT2D eigenvalue weighted by Crippen LogP contribution is 2.29. The van der Waals surface area contributed by atoms with Crippen molar-refractivity contribution in [3.63, 3.8) is 0 Å². The number of piperidine rings is 2. The number of hydrogen-bond acceptors (Lipinski definition) is 4. The largest absolute Gasteiger partial charge is 0.342 e. The maximum atomic E-state index is 12.4. The second-order valence-corrected chi connectivity index (χ2v) is 8.69. The molecule has 2 saturated heterocycles. The molecule has 1 aromatic rings. The number of hydrogen-bond donors (Lipinski definition) is 0. The van der Waals surface area contributed by atoms with Crippen molar-refractivity contribution in [3.8, 4) is 0 Å². The van der Waals surface area contributed by atoms with Crippen LogP contribution < -0.4 is 0 Å². The predicted octanol–water partition coefficient (Wildman–Crippen LogP) is 2.55. The lowest BCUT2D eigenvalue weighted by molar-refractivity contribution is -0.140. The van der Waals surface area contributed by atoms with Crippen molar-refractivity contribution in [1.29, 1.82) is 0 Å². The number of rotatable bonds is 3. The lowest BCUT2D eigenvalue weighted by Crippen LogP contribution is -2.44. The van der Waals surface area contributed by atoms with E-state index in [0.29, 0.717) is 5.92 Å². The summed E-state index contributed by atoms with van der Waals surface area (Å²) in [5.41, 5.74) is -0.292. The van der Waals surface area contributed by atoms with Gasteiger partial charge in [-0.25, -0.2) is 0 Å². The quantitative estimate of drug-likeness (QED) is 0.843. The van der Waals surface area contributed by atoms with E-state index in [9.17, 15) is 4.79 Å². The van der Waals surface area contributed by atoms with E-state index in [0.717, 1.165) is 44.1 Å². The van der Waals surface area contributed by atoms with Gasteiger partial charge in [-0.15, -0.1) is 10.2 Å². The van der Waals surface area contributed by atoms with Crippen molar-refractivity contribution in [3.05, 3.63) is 11.6 Å². The van der Waals surface area contributed by atoms with Crippen molar-refractivity contribution in [2.75, 3.05) is 26.2 Å².